The van der Waals surface area contributed by atoms with Crippen LogP contribution in [0.5, 0.6) is 0 Å². The standard InChI is InChI=1S/C13H19N3O2.ClH/c1-8-3-5-14-9(2)12(8)16-13(18)10-4-6-15-11(17)7-10;/h4,6-9,12,14H,3,5H2,1-2H3,(H,15,17)(H,16,18);1H. The van der Waals surface area contributed by atoms with Crippen molar-refractivity contribution in [3.63, 3.8) is 0 Å². The average Bonchev–Trinajstić information content (AvgIpc) is 2.34. The van der Waals surface area contributed by atoms with E-state index >= 15 is 0 Å². The lowest BCUT2D eigenvalue weighted by Crippen LogP contribution is -2.55. The van der Waals surface area contributed by atoms with Crippen LogP contribution in [0.25, 0.3) is 0 Å². The Balaban J connectivity index is 0.00000180. The van der Waals surface area contributed by atoms with Gasteiger partial charge in [0.1, 0.15) is 0 Å². The van der Waals surface area contributed by atoms with E-state index in [0.29, 0.717) is 11.5 Å². The van der Waals surface area contributed by atoms with E-state index in [2.05, 4.69) is 29.5 Å². The fourth-order valence-electron chi connectivity index (χ4n) is 2.43. The van der Waals surface area contributed by atoms with E-state index in [1.54, 1.807) is 6.07 Å². The van der Waals surface area contributed by atoms with Gasteiger partial charge < -0.3 is 15.6 Å². The number of aromatic amines is 1. The Kier molecular flexibility index (Phi) is 5.57. The van der Waals surface area contributed by atoms with Gasteiger partial charge in [0, 0.05) is 29.9 Å². The van der Waals surface area contributed by atoms with Crippen LogP contribution < -0.4 is 16.2 Å². The number of carbonyl (C=O) groups excluding carboxylic acids is 1. The van der Waals surface area contributed by atoms with Gasteiger partial charge in [-0.15, -0.1) is 12.4 Å². The Labute approximate surface area is 118 Å². The van der Waals surface area contributed by atoms with E-state index in [1.165, 1.54) is 12.3 Å². The summed E-state index contributed by atoms with van der Waals surface area (Å²) in [7, 11) is 0. The molecule has 3 N–H and O–H groups in total. The van der Waals surface area contributed by atoms with Gasteiger partial charge in [-0.1, -0.05) is 6.92 Å². The Hall–Kier alpha value is -1.33. The molecule has 106 valence electrons. The van der Waals surface area contributed by atoms with Crippen molar-refractivity contribution < 1.29 is 4.79 Å². The maximum absolute atomic E-state index is 12.1. The summed E-state index contributed by atoms with van der Waals surface area (Å²) in [6.07, 6.45) is 2.54. The second-order valence-corrected chi connectivity index (χ2v) is 4.95. The molecule has 19 heavy (non-hydrogen) atoms. The molecule has 1 fully saturated rings. The molecule has 6 heteroatoms. The Morgan fingerprint density at radius 1 is 1.42 bits per heavy atom. The molecule has 2 rings (SSSR count). The molecule has 0 spiro atoms. The molecule has 5 nitrogen and oxygen atoms in total. The number of carbonyl (C=O) groups is 1. The van der Waals surface area contributed by atoms with Gasteiger partial charge in [-0.2, -0.15) is 0 Å². The highest BCUT2D eigenvalue weighted by molar-refractivity contribution is 5.94. The number of rotatable bonds is 2. The van der Waals surface area contributed by atoms with Crippen molar-refractivity contribution in [3.8, 4) is 0 Å². The van der Waals surface area contributed by atoms with Crippen LogP contribution >= 0.6 is 12.4 Å². The number of hydrogen-bond acceptors (Lipinski definition) is 3. The summed E-state index contributed by atoms with van der Waals surface area (Å²) in [4.78, 5) is 25.7. The Morgan fingerprint density at radius 3 is 2.79 bits per heavy atom. The summed E-state index contributed by atoms with van der Waals surface area (Å²) in [5.74, 6) is 0.251. The molecule has 3 unspecified atom stereocenters. The number of amides is 1. The molecule has 0 aliphatic carbocycles. The lowest BCUT2D eigenvalue weighted by Gasteiger charge is -2.36. The maximum Gasteiger partial charge on any atom is 0.251 e. The lowest BCUT2D eigenvalue weighted by atomic mass is 9.89. The minimum atomic E-state index is -0.259. The number of halogens is 1. The minimum absolute atomic E-state index is 0. The van der Waals surface area contributed by atoms with Crippen molar-refractivity contribution >= 4 is 18.3 Å². The SMILES string of the molecule is CC1CCNC(C)C1NC(=O)c1cc[nH]c(=O)c1.Cl. The van der Waals surface area contributed by atoms with E-state index in [4.69, 9.17) is 0 Å². The Bertz CT molecular complexity index is 479. The van der Waals surface area contributed by atoms with Gasteiger partial charge in [0.2, 0.25) is 5.56 Å². The summed E-state index contributed by atoms with van der Waals surface area (Å²) in [6, 6.07) is 3.29. The molecule has 0 bridgehead atoms. The monoisotopic (exact) mass is 285 g/mol. The smallest absolute Gasteiger partial charge is 0.251 e. The number of hydrogen-bond donors (Lipinski definition) is 3. The second kappa shape index (κ2) is 6.73. The van der Waals surface area contributed by atoms with Crippen LogP contribution in [0.4, 0.5) is 0 Å². The summed E-state index contributed by atoms with van der Waals surface area (Å²) in [5, 5.41) is 6.36. The van der Waals surface area contributed by atoms with Crippen LogP contribution in [-0.2, 0) is 0 Å². The second-order valence-electron chi connectivity index (χ2n) is 4.95. The van der Waals surface area contributed by atoms with Gasteiger partial charge in [0.25, 0.3) is 5.91 Å². The number of H-pyrrole nitrogens is 1. The number of pyridine rings is 1. The molecule has 0 aromatic carbocycles. The molecule has 0 radical (unpaired) electrons. The van der Waals surface area contributed by atoms with Crippen LogP contribution in [0, 0.1) is 5.92 Å². The van der Waals surface area contributed by atoms with Crippen LogP contribution in [-0.4, -0.2) is 29.5 Å². The molecule has 1 amide bonds. The predicted octanol–water partition coefficient (Wildman–Crippen LogP) is 0.913. The first kappa shape index (κ1) is 15.7. The minimum Gasteiger partial charge on any atom is -0.347 e. The number of nitrogens with one attached hydrogen (secondary N) is 3. The molecule has 1 aromatic heterocycles. The van der Waals surface area contributed by atoms with Crippen molar-refractivity contribution in [2.45, 2.75) is 32.4 Å². The molecule has 1 aromatic rings. The Morgan fingerprint density at radius 2 is 2.16 bits per heavy atom. The van der Waals surface area contributed by atoms with Crippen LogP contribution in [0.2, 0.25) is 0 Å². The zero-order valence-corrected chi connectivity index (χ0v) is 11.9. The van der Waals surface area contributed by atoms with Gasteiger partial charge in [-0.05, 0) is 31.9 Å². The fraction of sp³-hybridized carbons (Fsp3) is 0.538. The van der Waals surface area contributed by atoms with Crippen molar-refractivity contribution in [1.29, 1.82) is 0 Å². The lowest BCUT2D eigenvalue weighted by molar-refractivity contribution is 0.0897. The first-order valence-corrected chi connectivity index (χ1v) is 6.31. The third-order valence-electron chi connectivity index (χ3n) is 3.55. The first-order chi connectivity index (χ1) is 8.58. The highest BCUT2D eigenvalue weighted by Crippen LogP contribution is 2.16. The van der Waals surface area contributed by atoms with Crippen molar-refractivity contribution in [2.75, 3.05) is 6.54 Å². The van der Waals surface area contributed by atoms with E-state index in [9.17, 15) is 9.59 Å². The first-order valence-electron chi connectivity index (χ1n) is 6.31. The van der Waals surface area contributed by atoms with Gasteiger partial charge in [0.15, 0.2) is 0 Å². The summed E-state index contributed by atoms with van der Waals surface area (Å²) in [6.45, 7) is 5.19. The van der Waals surface area contributed by atoms with Gasteiger partial charge in [-0.3, -0.25) is 9.59 Å². The zero-order valence-electron chi connectivity index (χ0n) is 11.1. The molecule has 3 atom stereocenters. The largest absolute Gasteiger partial charge is 0.347 e. The quantitative estimate of drug-likeness (QED) is 0.756. The number of aromatic nitrogens is 1. The summed E-state index contributed by atoms with van der Waals surface area (Å²) >= 11 is 0. The molecule has 2 heterocycles. The normalized spacial score (nSPS) is 26.3. The molecular weight excluding hydrogens is 266 g/mol. The number of piperidine rings is 1. The molecule has 0 saturated carbocycles. The predicted molar refractivity (Wildman–Crippen MR) is 76.8 cm³/mol. The summed E-state index contributed by atoms with van der Waals surface area (Å²) in [5.41, 5.74) is 0.147. The molecule has 1 aliphatic heterocycles. The molecule has 1 saturated heterocycles. The highest BCUT2D eigenvalue weighted by atomic mass is 35.5. The molecule has 1 aliphatic rings. The topological polar surface area (TPSA) is 74.0 Å². The van der Waals surface area contributed by atoms with Gasteiger partial charge in [0.05, 0.1) is 0 Å². The van der Waals surface area contributed by atoms with E-state index in [-0.39, 0.29) is 36.0 Å². The highest BCUT2D eigenvalue weighted by Gasteiger charge is 2.28. The van der Waals surface area contributed by atoms with Crippen LogP contribution in [0.1, 0.15) is 30.6 Å². The summed E-state index contributed by atoms with van der Waals surface area (Å²) < 4.78 is 0. The van der Waals surface area contributed by atoms with E-state index in [0.717, 1.165) is 13.0 Å². The van der Waals surface area contributed by atoms with Gasteiger partial charge >= 0.3 is 0 Å². The van der Waals surface area contributed by atoms with Gasteiger partial charge in [-0.25, -0.2) is 0 Å². The van der Waals surface area contributed by atoms with E-state index < -0.39 is 0 Å². The van der Waals surface area contributed by atoms with Crippen molar-refractivity contribution in [1.82, 2.24) is 15.6 Å². The third kappa shape index (κ3) is 3.81. The average molecular weight is 286 g/mol. The van der Waals surface area contributed by atoms with E-state index in [1.807, 2.05) is 0 Å². The van der Waals surface area contributed by atoms with Crippen molar-refractivity contribution in [3.05, 3.63) is 34.2 Å². The molecular formula is C13H20ClN3O2. The van der Waals surface area contributed by atoms with Crippen LogP contribution in [0.15, 0.2) is 23.1 Å². The maximum atomic E-state index is 12.1. The van der Waals surface area contributed by atoms with Crippen molar-refractivity contribution in [2.24, 2.45) is 5.92 Å². The fourth-order valence-corrected chi connectivity index (χ4v) is 2.43. The zero-order chi connectivity index (χ0) is 13.1. The third-order valence-corrected chi connectivity index (χ3v) is 3.55. The van der Waals surface area contributed by atoms with Crippen LogP contribution in [0.3, 0.4) is 0 Å².